The topological polar surface area (TPSA) is 35.0 Å². The van der Waals surface area contributed by atoms with E-state index in [-0.39, 0.29) is 11.0 Å². The van der Waals surface area contributed by atoms with Crippen LogP contribution in [-0.2, 0) is 11.9 Å². The van der Waals surface area contributed by atoms with Crippen LogP contribution in [0.25, 0.3) is 0 Å². The van der Waals surface area contributed by atoms with E-state index in [1.54, 1.807) is 42.5 Å². The first-order chi connectivity index (χ1) is 12.8. The Labute approximate surface area is 163 Å². The van der Waals surface area contributed by atoms with Crippen molar-refractivity contribution in [1.29, 1.82) is 0 Å². The highest BCUT2D eigenvalue weighted by Gasteiger charge is 2.34. The fraction of sp³-hybridized carbons (Fsp3) is 0.158. The lowest BCUT2D eigenvalue weighted by Gasteiger charge is -2.11. The third kappa shape index (κ3) is 5.61. The molecule has 0 aliphatic heterocycles. The smallest absolute Gasteiger partial charge is 0.433 e. The van der Waals surface area contributed by atoms with Crippen molar-refractivity contribution >= 4 is 23.4 Å². The Hall–Kier alpha value is -2.25. The van der Waals surface area contributed by atoms with E-state index in [9.17, 15) is 13.2 Å². The van der Waals surface area contributed by atoms with Crippen LogP contribution in [-0.4, -0.2) is 9.97 Å². The molecule has 0 saturated heterocycles. The van der Waals surface area contributed by atoms with Gasteiger partial charge in [-0.05, 0) is 36.8 Å². The fourth-order valence-corrected chi connectivity index (χ4v) is 3.17. The number of alkyl halides is 3. The number of hydrogen-bond donors (Lipinski definition) is 0. The predicted octanol–water partition coefficient (Wildman–Crippen LogP) is 6.54. The number of ether oxygens (including phenoxy) is 1. The van der Waals surface area contributed by atoms with Crippen LogP contribution in [0.3, 0.4) is 0 Å². The predicted molar refractivity (Wildman–Crippen MR) is 99.3 cm³/mol. The number of aromatic nitrogens is 2. The maximum atomic E-state index is 13.2. The minimum atomic E-state index is -4.60. The number of nitrogens with zero attached hydrogens (tertiary/aromatic N) is 2. The Morgan fingerprint density at radius 2 is 1.78 bits per heavy atom. The lowest BCUT2D eigenvalue weighted by atomic mass is 10.2. The van der Waals surface area contributed by atoms with Gasteiger partial charge in [0, 0.05) is 16.8 Å². The molecule has 0 atom stereocenters. The van der Waals surface area contributed by atoms with Crippen molar-refractivity contribution in [2.75, 3.05) is 0 Å². The monoisotopic (exact) mass is 410 g/mol. The SMILES string of the molecule is Cc1ccc(Oc2cc(C(F)(F)F)nc(SCc3cccc(Cl)c3)n2)cc1. The van der Waals surface area contributed by atoms with Crippen LogP contribution < -0.4 is 4.74 Å². The van der Waals surface area contributed by atoms with Gasteiger partial charge in [0.15, 0.2) is 10.9 Å². The van der Waals surface area contributed by atoms with E-state index >= 15 is 0 Å². The quantitative estimate of drug-likeness (QED) is 0.353. The van der Waals surface area contributed by atoms with Gasteiger partial charge in [-0.1, -0.05) is 53.2 Å². The minimum Gasteiger partial charge on any atom is -0.439 e. The summed E-state index contributed by atoms with van der Waals surface area (Å²) in [7, 11) is 0. The van der Waals surface area contributed by atoms with Gasteiger partial charge in [-0.15, -0.1) is 0 Å². The van der Waals surface area contributed by atoms with Gasteiger partial charge in [0.05, 0.1) is 0 Å². The van der Waals surface area contributed by atoms with Crippen molar-refractivity contribution in [1.82, 2.24) is 9.97 Å². The lowest BCUT2D eigenvalue weighted by molar-refractivity contribution is -0.141. The summed E-state index contributed by atoms with van der Waals surface area (Å²) in [6.45, 7) is 1.90. The molecule has 0 bridgehead atoms. The first-order valence-electron chi connectivity index (χ1n) is 7.88. The molecule has 8 heteroatoms. The average molecular weight is 411 g/mol. The number of hydrogen-bond acceptors (Lipinski definition) is 4. The molecule has 0 N–H and O–H groups in total. The van der Waals surface area contributed by atoms with Gasteiger partial charge in [0.25, 0.3) is 0 Å². The van der Waals surface area contributed by atoms with Crippen LogP contribution in [0.15, 0.2) is 59.8 Å². The Morgan fingerprint density at radius 3 is 2.44 bits per heavy atom. The molecule has 3 nitrogen and oxygen atoms in total. The van der Waals surface area contributed by atoms with E-state index in [4.69, 9.17) is 16.3 Å². The maximum Gasteiger partial charge on any atom is 0.433 e. The zero-order valence-corrected chi connectivity index (χ0v) is 15.7. The number of thioether (sulfide) groups is 1. The summed E-state index contributed by atoms with van der Waals surface area (Å²) in [6, 6.07) is 14.8. The summed E-state index contributed by atoms with van der Waals surface area (Å²) in [5.74, 6) is 0.624. The highest BCUT2D eigenvalue weighted by molar-refractivity contribution is 7.98. The van der Waals surface area contributed by atoms with E-state index in [2.05, 4.69) is 9.97 Å². The van der Waals surface area contributed by atoms with Crippen LogP contribution in [0.4, 0.5) is 13.2 Å². The second-order valence-electron chi connectivity index (χ2n) is 5.71. The van der Waals surface area contributed by atoms with Gasteiger partial charge in [-0.25, -0.2) is 4.98 Å². The summed E-state index contributed by atoms with van der Waals surface area (Å²) in [6.07, 6.45) is -4.60. The second kappa shape index (κ2) is 8.19. The highest BCUT2D eigenvalue weighted by Crippen LogP contribution is 2.33. The van der Waals surface area contributed by atoms with Crippen molar-refractivity contribution in [3.63, 3.8) is 0 Å². The molecule has 0 aliphatic carbocycles. The molecule has 0 radical (unpaired) electrons. The molecule has 0 aliphatic rings. The third-order valence-electron chi connectivity index (χ3n) is 3.47. The van der Waals surface area contributed by atoms with Crippen molar-refractivity contribution in [2.45, 2.75) is 24.0 Å². The molecule has 0 fully saturated rings. The third-order valence-corrected chi connectivity index (χ3v) is 4.63. The Balaban J connectivity index is 1.85. The molecule has 27 heavy (non-hydrogen) atoms. The van der Waals surface area contributed by atoms with Gasteiger partial charge in [-0.2, -0.15) is 18.2 Å². The van der Waals surface area contributed by atoms with Gasteiger partial charge in [-0.3, -0.25) is 0 Å². The van der Waals surface area contributed by atoms with E-state index in [0.29, 0.717) is 16.5 Å². The molecule has 0 spiro atoms. The number of benzene rings is 2. The van der Waals surface area contributed by atoms with Gasteiger partial charge in [0.1, 0.15) is 5.75 Å². The van der Waals surface area contributed by atoms with E-state index < -0.39 is 11.9 Å². The Morgan fingerprint density at radius 1 is 1.04 bits per heavy atom. The van der Waals surface area contributed by atoms with Crippen molar-refractivity contribution in [3.8, 4) is 11.6 Å². The molecule has 0 unspecified atom stereocenters. The summed E-state index contributed by atoms with van der Waals surface area (Å²) >= 11 is 7.01. The first-order valence-corrected chi connectivity index (χ1v) is 9.24. The fourth-order valence-electron chi connectivity index (χ4n) is 2.17. The maximum absolute atomic E-state index is 13.2. The van der Waals surface area contributed by atoms with E-state index in [1.807, 2.05) is 13.0 Å². The summed E-state index contributed by atoms with van der Waals surface area (Å²) < 4.78 is 45.0. The molecule has 1 heterocycles. The van der Waals surface area contributed by atoms with Crippen LogP contribution >= 0.6 is 23.4 Å². The van der Waals surface area contributed by atoms with Crippen LogP contribution in [0.5, 0.6) is 11.6 Å². The summed E-state index contributed by atoms with van der Waals surface area (Å²) in [5, 5.41) is 0.536. The molecule has 140 valence electrons. The van der Waals surface area contributed by atoms with Crippen LogP contribution in [0.1, 0.15) is 16.8 Å². The molecule has 3 aromatic rings. The van der Waals surface area contributed by atoms with E-state index in [0.717, 1.165) is 29.0 Å². The van der Waals surface area contributed by atoms with Crippen LogP contribution in [0.2, 0.25) is 5.02 Å². The van der Waals surface area contributed by atoms with Crippen molar-refractivity contribution in [3.05, 3.63) is 76.4 Å². The molecule has 0 saturated carbocycles. The molecule has 0 amide bonds. The molecule has 1 aromatic heterocycles. The first kappa shape index (κ1) is 19.5. The van der Waals surface area contributed by atoms with Crippen molar-refractivity contribution in [2.24, 2.45) is 0 Å². The normalized spacial score (nSPS) is 11.4. The highest BCUT2D eigenvalue weighted by atomic mass is 35.5. The molecular weight excluding hydrogens is 397 g/mol. The Kier molecular flexibility index (Phi) is 5.92. The minimum absolute atomic E-state index is 0.0214. The van der Waals surface area contributed by atoms with Gasteiger partial charge >= 0.3 is 6.18 Å². The largest absolute Gasteiger partial charge is 0.439 e. The number of aryl methyl sites for hydroxylation is 1. The Bertz CT molecular complexity index is 933. The zero-order valence-electron chi connectivity index (χ0n) is 14.1. The lowest BCUT2D eigenvalue weighted by Crippen LogP contribution is -2.10. The number of rotatable bonds is 5. The zero-order chi connectivity index (χ0) is 19.4. The molecular formula is C19H14ClF3N2OS. The van der Waals surface area contributed by atoms with Gasteiger partial charge < -0.3 is 4.74 Å². The van der Waals surface area contributed by atoms with Crippen molar-refractivity contribution < 1.29 is 17.9 Å². The molecule has 3 rings (SSSR count). The average Bonchev–Trinajstić information content (AvgIpc) is 2.61. The van der Waals surface area contributed by atoms with E-state index in [1.165, 1.54) is 0 Å². The molecule has 2 aromatic carbocycles. The standard InChI is InChI=1S/C19H14ClF3N2OS/c1-12-5-7-15(8-6-12)26-17-10-16(19(21,22)23)24-18(25-17)27-11-13-3-2-4-14(20)9-13/h2-10H,11H2,1H3. The summed E-state index contributed by atoms with van der Waals surface area (Å²) in [5.41, 5.74) is 0.821. The van der Waals surface area contributed by atoms with Gasteiger partial charge in [0.2, 0.25) is 5.88 Å². The number of halogens is 4. The second-order valence-corrected chi connectivity index (χ2v) is 7.08. The van der Waals surface area contributed by atoms with Crippen LogP contribution in [0, 0.1) is 6.92 Å². The summed E-state index contributed by atoms with van der Waals surface area (Å²) in [4.78, 5) is 7.71.